The predicted octanol–water partition coefficient (Wildman–Crippen LogP) is -0.901. The minimum Gasteiger partial charge on any atom is -0.507 e. The molecule has 2 aromatic carbocycles. The van der Waals surface area contributed by atoms with E-state index in [1.54, 1.807) is 18.2 Å². The number of aryl methyl sites for hydroxylation is 2. The number of aromatic hydroxyl groups is 1. The highest BCUT2D eigenvalue weighted by Gasteiger charge is 2.51. The van der Waals surface area contributed by atoms with Gasteiger partial charge in [-0.2, -0.15) is 0 Å². The monoisotopic (exact) mass is 682 g/mol. The molecule has 4 bridgehead atoms. The molecule has 2 heterocycles. The van der Waals surface area contributed by atoms with E-state index in [2.05, 4.69) is 0 Å². The Morgan fingerprint density at radius 2 is 1.38 bits per heavy atom. The lowest BCUT2D eigenvalue weighted by atomic mass is 9.95. The Kier molecular flexibility index (Phi) is 12.0. The SMILES string of the molecule is COc1c2cc(c(OC3OC(CO)C(O)C(OC4OC(CO)C(O)C(O)C4O)C3O)c1OC)CCCCC(O)CCc1ccc(O)c-2c1. The van der Waals surface area contributed by atoms with Crippen LogP contribution in [0.3, 0.4) is 0 Å². The molecule has 3 aliphatic rings. The average molecular weight is 683 g/mol. The molecule has 48 heavy (non-hydrogen) atoms. The van der Waals surface area contributed by atoms with Gasteiger partial charge in [0.15, 0.2) is 17.8 Å². The minimum atomic E-state index is -1.83. The van der Waals surface area contributed by atoms with E-state index in [1.165, 1.54) is 14.2 Å². The molecule has 2 aliphatic heterocycles. The number of rotatable bonds is 8. The van der Waals surface area contributed by atoms with E-state index in [0.717, 1.165) is 5.56 Å². The first-order valence-electron chi connectivity index (χ1n) is 16.1. The van der Waals surface area contributed by atoms with Gasteiger partial charge < -0.3 is 74.4 Å². The Hall–Kier alpha value is -2.80. The lowest BCUT2D eigenvalue weighted by Crippen LogP contribution is -2.65. The van der Waals surface area contributed by atoms with Gasteiger partial charge in [0, 0.05) is 11.1 Å². The summed E-state index contributed by atoms with van der Waals surface area (Å²) in [6.45, 7) is -1.46. The number of fused-ring (bicyclic) bond motifs is 5. The molecule has 9 N–H and O–H groups in total. The molecule has 0 amide bonds. The molecule has 1 aliphatic carbocycles. The van der Waals surface area contributed by atoms with Crippen LogP contribution in [0.5, 0.6) is 23.0 Å². The summed E-state index contributed by atoms with van der Waals surface area (Å²) in [5.74, 6) is 0.413. The van der Waals surface area contributed by atoms with E-state index in [9.17, 15) is 46.0 Å². The molecule has 0 spiro atoms. The van der Waals surface area contributed by atoms with Gasteiger partial charge in [0.2, 0.25) is 12.0 Å². The van der Waals surface area contributed by atoms with E-state index >= 15 is 0 Å². The first kappa shape index (κ1) is 36.5. The molecule has 0 radical (unpaired) electrons. The summed E-state index contributed by atoms with van der Waals surface area (Å²) in [4.78, 5) is 0. The maximum Gasteiger partial charge on any atom is 0.229 e. The quantitative estimate of drug-likeness (QED) is 0.164. The van der Waals surface area contributed by atoms with Crippen molar-refractivity contribution in [1.29, 1.82) is 0 Å². The van der Waals surface area contributed by atoms with Crippen LogP contribution < -0.4 is 14.2 Å². The van der Waals surface area contributed by atoms with Gasteiger partial charge in [0.05, 0.1) is 33.5 Å². The van der Waals surface area contributed by atoms with Crippen molar-refractivity contribution in [3.05, 3.63) is 35.4 Å². The maximum absolute atomic E-state index is 11.4. The first-order chi connectivity index (χ1) is 23.0. The topological polar surface area (TPSA) is 237 Å². The number of phenolic OH excluding ortho intramolecular Hbond substituents is 1. The third kappa shape index (κ3) is 7.37. The fourth-order valence-electron chi connectivity index (χ4n) is 6.47. The standard InChI is InChI=1S/C33H46O15/c1-43-29-19-12-16(5-3-4-6-17(36)9-7-15-8-10-20(37)18(19)11-15)28(31(29)44-2)47-33-27(42)30(24(39)22(14-35)46-33)48-32-26(41)25(40)23(38)21(13-34)45-32/h8,10-12,17,21-27,30,32-42H,3-7,9,13-14H2,1-2H3. The maximum atomic E-state index is 11.4. The summed E-state index contributed by atoms with van der Waals surface area (Å²) < 4.78 is 34.8. The van der Waals surface area contributed by atoms with Crippen LogP contribution in [-0.4, -0.2) is 141 Å². The molecule has 15 nitrogen and oxygen atoms in total. The highest BCUT2D eigenvalue weighted by molar-refractivity contribution is 5.81. The van der Waals surface area contributed by atoms with Crippen molar-refractivity contribution in [1.82, 2.24) is 0 Å². The number of ether oxygens (including phenoxy) is 6. The molecular weight excluding hydrogens is 636 g/mol. The number of hydrogen-bond donors (Lipinski definition) is 9. The smallest absolute Gasteiger partial charge is 0.229 e. The predicted molar refractivity (Wildman–Crippen MR) is 166 cm³/mol. The zero-order valence-corrected chi connectivity index (χ0v) is 26.8. The van der Waals surface area contributed by atoms with Crippen molar-refractivity contribution >= 4 is 0 Å². The van der Waals surface area contributed by atoms with Crippen molar-refractivity contribution < 1.29 is 74.4 Å². The molecule has 0 saturated carbocycles. The Bertz CT molecular complexity index is 1370. The minimum absolute atomic E-state index is 0.00635. The van der Waals surface area contributed by atoms with Gasteiger partial charge in [-0.05, 0) is 61.4 Å². The van der Waals surface area contributed by atoms with Crippen LogP contribution in [0, 0.1) is 0 Å². The molecule has 0 aromatic heterocycles. The third-order valence-electron chi connectivity index (χ3n) is 9.22. The van der Waals surface area contributed by atoms with E-state index in [4.69, 9.17) is 28.4 Å². The molecule has 268 valence electrons. The lowest BCUT2D eigenvalue weighted by Gasteiger charge is -2.46. The number of aliphatic hydroxyl groups excluding tert-OH is 8. The van der Waals surface area contributed by atoms with Gasteiger partial charge in [-0.3, -0.25) is 0 Å². The first-order valence-corrected chi connectivity index (χ1v) is 16.1. The van der Waals surface area contributed by atoms with Crippen molar-refractivity contribution in [2.45, 2.75) is 106 Å². The van der Waals surface area contributed by atoms with Crippen LogP contribution in [0.15, 0.2) is 24.3 Å². The Balaban J connectivity index is 1.53. The lowest BCUT2D eigenvalue weighted by molar-refractivity contribution is -0.353. The molecule has 11 atom stereocenters. The van der Waals surface area contributed by atoms with Gasteiger partial charge in [0.25, 0.3) is 0 Å². The second kappa shape index (κ2) is 15.8. The van der Waals surface area contributed by atoms with E-state index in [0.29, 0.717) is 55.2 Å². The van der Waals surface area contributed by atoms with E-state index in [-0.39, 0.29) is 23.0 Å². The largest absolute Gasteiger partial charge is 0.507 e. The number of aliphatic hydroxyl groups is 8. The van der Waals surface area contributed by atoms with Gasteiger partial charge in [-0.25, -0.2) is 0 Å². The molecule has 15 heteroatoms. The number of methoxy groups -OCH3 is 2. The van der Waals surface area contributed by atoms with Crippen molar-refractivity contribution in [3.63, 3.8) is 0 Å². The van der Waals surface area contributed by atoms with Gasteiger partial charge in [-0.1, -0.05) is 12.5 Å². The zero-order chi connectivity index (χ0) is 34.7. The summed E-state index contributed by atoms with van der Waals surface area (Å²) in [7, 11) is 2.81. The second-order valence-electron chi connectivity index (χ2n) is 12.4. The fourth-order valence-corrected chi connectivity index (χ4v) is 6.47. The highest BCUT2D eigenvalue weighted by Crippen LogP contribution is 2.50. The normalized spacial score (nSPS) is 34.3. The molecule has 5 rings (SSSR count). The molecular formula is C33H46O15. The Morgan fingerprint density at radius 3 is 2.06 bits per heavy atom. The van der Waals surface area contributed by atoms with Crippen LogP contribution in [0.4, 0.5) is 0 Å². The molecule has 2 saturated heterocycles. The molecule has 11 unspecified atom stereocenters. The summed E-state index contributed by atoms with van der Waals surface area (Å²) >= 11 is 0. The van der Waals surface area contributed by atoms with Crippen LogP contribution in [-0.2, 0) is 27.1 Å². The Morgan fingerprint density at radius 1 is 0.688 bits per heavy atom. The highest BCUT2D eigenvalue weighted by atomic mass is 16.7. The third-order valence-corrected chi connectivity index (χ3v) is 9.22. The van der Waals surface area contributed by atoms with Crippen LogP contribution in [0.25, 0.3) is 11.1 Å². The molecule has 2 fully saturated rings. The van der Waals surface area contributed by atoms with Gasteiger partial charge in [0.1, 0.15) is 54.6 Å². The van der Waals surface area contributed by atoms with Crippen LogP contribution in [0.1, 0.15) is 36.8 Å². The van der Waals surface area contributed by atoms with Crippen molar-refractivity contribution in [2.75, 3.05) is 27.4 Å². The second-order valence-corrected chi connectivity index (χ2v) is 12.4. The van der Waals surface area contributed by atoms with Crippen LogP contribution in [0.2, 0.25) is 0 Å². The summed E-state index contributed by atoms with van der Waals surface area (Å²) in [5, 5.41) is 94.4. The number of benzene rings is 2. The van der Waals surface area contributed by atoms with Crippen molar-refractivity contribution in [3.8, 4) is 34.1 Å². The number of hydrogen-bond acceptors (Lipinski definition) is 15. The zero-order valence-electron chi connectivity index (χ0n) is 26.8. The van der Waals surface area contributed by atoms with Crippen molar-refractivity contribution in [2.24, 2.45) is 0 Å². The van der Waals surface area contributed by atoms with Gasteiger partial charge >= 0.3 is 0 Å². The summed E-state index contributed by atoms with van der Waals surface area (Å²) in [5.41, 5.74) is 2.46. The summed E-state index contributed by atoms with van der Waals surface area (Å²) in [6, 6.07) is 6.97. The van der Waals surface area contributed by atoms with E-state index in [1.807, 2.05) is 6.07 Å². The van der Waals surface area contributed by atoms with E-state index < -0.39 is 80.7 Å². The number of phenols is 1. The Labute approximate surface area is 277 Å². The molecule has 2 aromatic rings. The van der Waals surface area contributed by atoms with Gasteiger partial charge in [-0.15, -0.1) is 0 Å². The fraction of sp³-hybridized carbons (Fsp3) is 0.636. The average Bonchev–Trinajstić information content (AvgIpc) is 3.09. The van der Waals surface area contributed by atoms with Crippen LogP contribution >= 0.6 is 0 Å². The summed E-state index contributed by atoms with van der Waals surface area (Å²) in [6.07, 6.45) is -13.4.